The van der Waals surface area contributed by atoms with Crippen LogP contribution in [0.5, 0.6) is 0 Å². The van der Waals surface area contributed by atoms with E-state index in [1.807, 2.05) is 12.3 Å². The minimum absolute atomic E-state index is 0.0642. The second kappa shape index (κ2) is 4.63. The Kier molecular flexibility index (Phi) is 3.73. The van der Waals surface area contributed by atoms with Crippen molar-refractivity contribution in [2.75, 3.05) is 5.32 Å². The molecule has 0 aliphatic heterocycles. The largest absolute Gasteiger partial charge is 0.370 e. The molecule has 0 saturated heterocycles. The fraction of sp³-hybridized carbons (Fsp3) is 0.429. The molecule has 0 radical (unpaired) electrons. The summed E-state index contributed by atoms with van der Waals surface area (Å²) in [4.78, 5) is 4.20. The smallest absolute Gasteiger partial charge is 0.192 e. The second-order valence-corrected chi connectivity index (χ2v) is 4.33. The van der Waals surface area contributed by atoms with Crippen LogP contribution in [0.25, 0.3) is 0 Å². The SMILES string of the molecule is CC(N)C(S)c1csc(NC(=N)N)n1. The molecule has 0 saturated carbocycles. The summed E-state index contributed by atoms with van der Waals surface area (Å²) in [6.07, 6.45) is 0. The molecule has 5 nitrogen and oxygen atoms in total. The first kappa shape index (κ1) is 11.3. The van der Waals surface area contributed by atoms with Gasteiger partial charge in [-0.05, 0) is 6.92 Å². The Bertz CT molecular complexity index is 322. The number of nitrogens with zero attached hydrogens (tertiary/aromatic N) is 1. The van der Waals surface area contributed by atoms with E-state index in [2.05, 4.69) is 22.9 Å². The van der Waals surface area contributed by atoms with Crippen molar-refractivity contribution < 1.29 is 0 Å². The summed E-state index contributed by atoms with van der Waals surface area (Å²) in [6, 6.07) is -0.0642. The lowest BCUT2D eigenvalue weighted by Gasteiger charge is -2.11. The van der Waals surface area contributed by atoms with Crippen LogP contribution in [0.2, 0.25) is 0 Å². The van der Waals surface area contributed by atoms with Crippen molar-refractivity contribution in [2.24, 2.45) is 11.5 Å². The summed E-state index contributed by atoms with van der Waals surface area (Å²) in [6.45, 7) is 1.87. The van der Waals surface area contributed by atoms with E-state index in [-0.39, 0.29) is 17.3 Å². The van der Waals surface area contributed by atoms with E-state index in [9.17, 15) is 0 Å². The average molecular weight is 231 g/mol. The highest BCUT2D eigenvalue weighted by Gasteiger charge is 2.14. The molecule has 0 spiro atoms. The zero-order valence-electron chi connectivity index (χ0n) is 7.69. The summed E-state index contributed by atoms with van der Waals surface area (Å²) >= 11 is 5.70. The summed E-state index contributed by atoms with van der Waals surface area (Å²) in [7, 11) is 0. The van der Waals surface area contributed by atoms with Crippen LogP contribution in [-0.2, 0) is 0 Å². The van der Waals surface area contributed by atoms with Crippen molar-refractivity contribution in [2.45, 2.75) is 18.2 Å². The summed E-state index contributed by atoms with van der Waals surface area (Å²) in [5, 5.41) is 12.0. The molecule has 78 valence electrons. The van der Waals surface area contributed by atoms with Gasteiger partial charge in [0, 0.05) is 11.4 Å². The van der Waals surface area contributed by atoms with Crippen molar-refractivity contribution in [1.29, 1.82) is 5.41 Å². The van der Waals surface area contributed by atoms with Crippen molar-refractivity contribution in [3.8, 4) is 0 Å². The number of anilines is 1. The molecule has 2 unspecified atom stereocenters. The second-order valence-electron chi connectivity index (χ2n) is 2.92. The van der Waals surface area contributed by atoms with Crippen molar-refractivity contribution in [3.05, 3.63) is 11.1 Å². The van der Waals surface area contributed by atoms with Gasteiger partial charge in [-0.2, -0.15) is 12.6 Å². The molecular weight excluding hydrogens is 218 g/mol. The van der Waals surface area contributed by atoms with Gasteiger partial charge >= 0.3 is 0 Å². The van der Waals surface area contributed by atoms with Crippen LogP contribution >= 0.6 is 24.0 Å². The molecule has 1 aromatic heterocycles. The number of hydrogen-bond acceptors (Lipinski definition) is 5. The molecule has 14 heavy (non-hydrogen) atoms. The van der Waals surface area contributed by atoms with Crippen LogP contribution in [0.15, 0.2) is 5.38 Å². The molecule has 1 aromatic rings. The highest BCUT2D eigenvalue weighted by atomic mass is 32.1. The average Bonchev–Trinajstić information content (AvgIpc) is 2.50. The standard InChI is InChI=1S/C7H13N5S2/c1-3(8)5(13)4-2-14-7(11-4)12-6(9)10/h2-3,5,13H,8H2,1H3,(H4,9,10,11,12). The third kappa shape index (κ3) is 2.86. The van der Waals surface area contributed by atoms with E-state index < -0.39 is 0 Å². The number of rotatable bonds is 3. The molecule has 6 N–H and O–H groups in total. The van der Waals surface area contributed by atoms with Crippen LogP contribution in [-0.4, -0.2) is 17.0 Å². The molecule has 7 heteroatoms. The van der Waals surface area contributed by atoms with Crippen molar-refractivity contribution >= 4 is 35.1 Å². The quantitative estimate of drug-likeness (QED) is 0.301. The molecule has 0 amide bonds. The number of nitrogens with one attached hydrogen (secondary N) is 2. The van der Waals surface area contributed by atoms with Crippen molar-refractivity contribution in [1.82, 2.24) is 4.98 Å². The maximum Gasteiger partial charge on any atom is 0.192 e. The number of aromatic nitrogens is 1. The Balaban J connectivity index is 2.72. The molecule has 1 rings (SSSR count). The Hall–Kier alpha value is -0.790. The predicted molar refractivity (Wildman–Crippen MR) is 63.0 cm³/mol. The first-order chi connectivity index (χ1) is 6.50. The normalized spacial score (nSPS) is 14.8. The summed E-state index contributed by atoms with van der Waals surface area (Å²) in [5.41, 5.74) is 11.6. The fourth-order valence-corrected chi connectivity index (χ4v) is 1.86. The van der Waals surface area contributed by atoms with Crippen LogP contribution in [0, 0.1) is 5.41 Å². The van der Waals surface area contributed by atoms with Crippen LogP contribution < -0.4 is 16.8 Å². The third-order valence-electron chi connectivity index (χ3n) is 1.56. The van der Waals surface area contributed by atoms with Gasteiger partial charge in [0.15, 0.2) is 11.1 Å². The predicted octanol–water partition coefficient (Wildman–Crippen LogP) is 0.767. The van der Waals surface area contributed by atoms with E-state index >= 15 is 0 Å². The highest BCUT2D eigenvalue weighted by molar-refractivity contribution is 7.80. The van der Waals surface area contributed by atoms with Gasteiger partial charge in [0.1, 0.15) is 0 Å². The summed E-state index contributed by atoms with van der Waals surface area (Å²) in [5.74, 6) is -0.123. The lowest BCUT2D eigenvalue weighted by Crippen LogP contribution is -2.22. The lowest BCUT2D eigenvalue weighted by atomic mass is 10.2. The monoisotopic (exact) mass is 231 g/mol. The number of nitrogens with two attached hydrogens (primary N) is 2. The van der Waals surface area contributed by atoms with Gasteiger partial charge in [0.05, 0.1) is 10.9 Å². The molecule has 2 atom stereocenters. The van der Waals surface area contributed by atoms with E-state index in [4.69, 9.17) is 16.9 Å². The third-order valence-corrected chi connectivity index (χ3v) is 3.08. The maximum absolute atomic E-state index is 7.02. The number of guanidine groups is 1. The zero-order chi connectivity index (χ0) is 10.7. The van der Waals surface area contributed by atoms with Crippen molar-refractivity contribution in [3.63, 3.8) is 0 Å². The van der Waals surface area contributed by atoms with E-state index in [1.54, 1.807) is 0 Å². The Morgan fingerprint density at radius 2 is 2.43 bits per heavy atom. The molecule has 0 bridgehead atoms. The molecule has 0 aromatic carbocycles. The topological polar surface area (TPSA) is 101 Å². The number of thiazole rings is 1. The fourth-order valence-electron chi connectivity index (χ4n) is 0.864. The van der Waals surface area contributed by atoms with Gasteiger partial charge in [0.2, 0.25) is 0 Å². The Labute approximate surface area is 91.8 Å². The number of thiol groups is 1. The summed E-state index contributed by atoms with van der Waals surface area (Å²) < 4.78 is 0. The van der Waals surface area contributed by atoms with Gasteiger partial charge in [-0.3, -0.25) is 5.41 Å². The molecule has 0 fully saturated rings. The zero-order valence-corrected chi connectivity index (χ0v) is 9.40. The Morgan fingerprint density at radius 1 is 1.79 bits per heavy atom. The molecular formula is C7H13N5S2. The van der Waals surface area contributed by atoms with Gasteiger partial charge in [-0.1, -0.05) is 0 Å². The minimum Gasteiger partial charge on any atom is -0.370 e. The van der Waals surface area contributed by atoms with Gasteiger partial charge in [-0.15, -0.1) is 11.3 Å². The first-order valence-corrected chi connectivity index (χ1v) is 5.40. The van der Waals surface area contributed by atoms with Gasteiger partial charge in [-0.25, -0.2) is 4.98 Å². The minimum atomic E-state index is -0.123. The molecule has 1 heterocycles. The van der Waals surface area contributed by atoms with E-state index in [1.165, 1.54) is 11.3 Å². The van der Waals surface area contributed by atoms with Crippen LogP contribution in [0.1, 0.15) is 17.9 Å². The molecule has 0 aliphatic rings. The van der Waals surface area contributed by atoms with Crippen LogP contribution in [0.4, 0.5) is 5.13 Å². The molecule has 0 aliphatic carbocycles. The van der Waals surface area contributed by atoms with Gasteiger partial charge in [0.25, 0.3) is 0 Å². The first-order valence-electron chi connectivity index (χ1n) is 4.01. The highest BCUT2D eigenvalue weighted by Crippen LogP contribution is 2.26. The Morgan fingerprint density at radius 3 is 2.93 bits per heavy atom. The van der Waals surface area contributed by atoms with Crippen LogP contribution in [0.3, 0.4) is 0 Å². The van der Waals surface area contributed by atoms with E-state index in [0.717, 1.165) is 5.69 Å². The maximum atomic E-state index is 7.02. The van der Waals surface area contributed by atoms with E-state index in [0.29, 0.717) is 5.13 Å². The van der Waals surface area contributed by atoms with Gasteiger partial charge < -0.3 is 16.8 Å². The lowest BCUT2D eigenvalue weighted by molar-refractivity contribution is 0.714. The number of hydrogen-bond donors (Lipinski definition) is 5.